The van der Waals surface area contributed by atoms with E-state index in [-0.39, 0.29) is 0 Å². The summed E-state index contributed by atoms with van der Waals surface area (Å²) >= 11 is 0. The summed E-state index contributed by atoms with van der Waals surface area (Å²) in [7, 11) is 0.610. The SMILES string of the molecule is [C-]#[N+]c1ccc2c(oc3c(-c4cc([Si](C)(C)C)cc[n+]4C)c(C)cc(C)c32)c1-c1ccccc1. The second-order valence-electron chi connectivity index (χ2n) is 10.2. The zero-order valence-electron chi connectivity index (χ0n) is 20.7. The van der Waals surface area contributed by atoms with Crippen LogP contribution in [0.4, 0.5) is 5.69 Å². The first kappa shape index (κ1) is 22.1. The molecule has 0 N–H and O–H groups in total. The summed E-state index contributed by atoms with van der Waals surface area (Å²) in [5.74, 6) is 0. The summed E-state index contributed by atoms with van der Waals surface area (Å²) in [6.45, 7) is 19.2. The maximum Gasteiger partial charge on any atom is 0.216 e. The van der Waals surface area contributed by atoms with Gasteiger partial charge in [-0.25, -0.2) is 9.41 Å². The van der Waals surface area contributed by atoms with Crippen molar-refractivity contribution in [2.75, 3.05) is 0 Å². The van der Waals surface area contributed by atoms with Gasteiger partial charge in [-0.2, -0.15) is 0 Å². The molecule has 0 aliphatic rings. The number of pyridine rings is 1. The number of benzene rings is 3. The van der Waals surface area contributed by atoms with Gasteiger partial charge in [0.05, 0.1) is 20.2 Å². The monoisotopic (exact) mass is 461 g/mol. The Labute approximate surface area is 202 Å². The molecule has 0 spiro atoms. The van der Waals surface area contributed by atoms with Crippen LogP contribution in [0.25, 0.3) is 49.2 Å². The molecule has 0 amide bonds. The van der Waals surface area contributed by atoms with Crippen molar-refractivity contribution >= 4 is 40.9 Å². The fourth-order valence-electron chi connectivity index (χ4n) is 4.95. The van der Waals surface area contributed by atoms with Gasteiger partial charge in [0.2, 0.25) is 5.69 Å². The van der Waals surface area contributed by atoms with Crippen LogP contribution in [0.3, 0.4) is 0 Å². The average molecular weight is 462 g/mol. The molecule has 0 radical (unpaired) electrons. The predicted molar refractivity (Wildman–Crippen MR) is 144 cm³/mol. The third-order valence-corrected chi connectivity index (χ3v) is 8.78. The summed E-state index contributed by atoms with van der Waals surface area (Å²) < 4.78 is 8.95. The molecule has 0 saturated carbocycles. The van der Waals surface area contributed by atoms with Gasteiger partial charge >= 0.3 is 0 Å². The molecule has 0 saturated heterocycles. The van der Waals surface area contributed by atoms with E-state index in [2.05, 4.69) is 74.3 Å². The van der Waals surface area contributed by atoms with Crippen LogP contribution >= 0.6 is 0 Å². The molecule has 3 aromatic carbocycles. The van der Waals surface area contributed by atoms with Crippen LogP contribution in [-0.2, 0) is 7.05 Å². The fraction of sp³-hybridized carbons (Fsp3) is 0.200. The Bertz CT molecular complexity index is 1620. The van der Waals surface area contributed by atoms with Crippen LogP contribution in [0.15, 0.2) is 71.3 Å². The highest BCUT2D eigenvalue weighted by atomic mass is 28.3. The number of aryl methyl sites for hydroxylation is 3. The predicted octanol–water partition coefficient (Wildman–Crippen LogP) is 7.46. The van der Waals surface area contributed by atoms with Crippen molar-refractivity contribution in [2.45, 2.75) is 33.5 Å². The average Bonchev–Trinajstić information content (AvgIpc) is 3.19. The van der Waals surface area contributed by atoms with Crippen molar-refractivity contribution in [1.29, 1.82) is 0 Å². The van der Waals surface area contributed by atoms with E-state index >= 15 is 0 Å². The topological polar surface area (TPSA) is 21.4 Å². The minimum atomic E-state index is -1.49. The van der Waals surface area contributed by atoms with Gasteiger partial charge in [0.1, 0.15) is 18.2 Å². The molecule has 5 rings (SSSR count). The Balaban J connectivity index is 1.93. The smallest absolute Gasteiger partial charge is 0.216 e. The zero-order valence-corrected chi connectivity index (χ0v) is 21.7. The molecule has 0 unspecified atom stereocenters. The summed E-state index contributed by atoms with van der Waals surface area (Å²) in [5.41, 5.74) is 8.83. The van der Waals surface area contributed by atoms with Crippen LogP contribution in [0, 0.1) is 20.4 Å². The van der Waals surface area contributed by atoms with Crippen molar-refractivity contribution in [1.82, 2.24) is 0 Å². The van der Waals surface area contributed by atoms with E-state index < -0.39 is 8.07 Å². The van der Waals surface area contributed by atoms with Gasteiger partial charge in [0, 0.05) is 28.5 Å². The molecular formula is C30H29N2OSi+. The van der Waals surface area contributed by atoms with Crippen molar-refractivity contribution in [3.05, 3.63) is 89.4 Å². The van der Waals surface area contributed by atoms with Crippen LogP contribution < -0.4 is 9.75 Å². The molecule has 0 aliphatic carbocycles. The number of rotatable bonds is 3. The summed E-state index contributed by atoms with van der Waals surface area (Å²) in [4.78, 5) is 3.83. The summed E-state index contributed by atoms with van der Waals surface area (Å²) in [6.07, 6.45) is 2.17. The minimum absolute atomic E-state index is 0.611. The second kappa shape index (κ2) is 7.97. The molecule has 3 nitrogen and oxygen atoms in total. The molecule has 0 fully saturated rings. The van der Waals surface area contributed by atoms with E-state index in [4.69, 9.17) is 11.0 Å². The summed E-state index contributed by atoms with van der Waals surface area (Å²) in [5, 5.41) is 3.61. The summed E-state index contributed by atoms with van der Waals surface area (Å²) in [6, 6.07) is 20.9. The quantitative estimate of drug-likeness (QED) is 0.155. The standard InChI is InChI=1S/C30H29N2OSi/c1-19-17-20(2)27(25-18-22(34(5,6)7)15-16-32(25)4)30-26(19)23-13-14-24(31-3)28(29(23)33-30)21-11-9-8-10-12-21/h8-18H,1-2,4-7H3/q+1. The normalized spacial score (nSPS) is 11.8. The van der Waals surface area contributed by atoms with Crippen LogP contribution in [0.5, 0.6) is 0 Å². The number of nitrogens with zero attached hydrogens (tertiary/aromatic N) is 2. The Morgan fingerprint density at radius 1 is 0.853 bits per heavy atom. The van der Waals surface area contributed by atoms with Crippen LogP contribution in [-0.4, -0.2) is 8.07 Å². The lowest BCUT2D eigenvalue weighted by molar-refractivity contribution is -0.660. The first-order valence-corrected chi connectivity index (χ1v) is 15.1. The molecule has 0 bridgehead atoms. The fourth-order valence-corrected chi connectivity index (χ4v) is 6.09. The van der Waals surface area contributed by atoms with Gasteiger partial charge in [-0.05, 0) is 35.7 Å². The van der Waals surface area contributed by atoms with Gasteiger partial charge in [0.15, 0.2) is 11.9 Å². The van der Waals surface area contributed by atoms with E-state index in [1.165, 1.54) is 16.3 Å². The molecule has 0 aliphatic heterocycles. The Morgan fingerprint density at radius 3 is 2.26 bits per heavy atom. The van der Waals surface area contributed by atoms with Gasteiger partial charge in [-0.3, -0.25) is 0 Å². The molecule has 5 aromatic rings. The Hall–Kier alpha value is -3.68. The van der Waals surface area contributed by atoms with E-state index in [1.807, 2.05) is 42.5 Å². The third-order valence-electron chi connectivity index (χ3n) is 6.74. The number of furan rings is 1. The first-order valence-electron chi connectivity index (χ1n) is 11.6. The number of hydrogen-bond donors (Lipinski definition) is 0. The van der Waals surface area contributed by atoms with Crippen molar-refractivity contribution in [2.24, 2.45) is 7.05 Å². The van der Waals surface area contributed by atoms with Crippen LogP contribution in [0.1, 0.15) is 11.1 Å². The third kappa shape index (κ3) is 3.45. The highest BCUT2D eigenvalue weighted by Crippen LogP contribution is 2.45. The molecule has 34 heavy (non-hydrogen) atoms. The lowest BCUT2D eigenvalue weighted by atomic mass is 9.95. The highest BCUT2D eigenvalue weighted by Gasteiger charge is 2.26. The molecule has 2 heterocycles. The molecule has 2 aromatic heterocycles. The zero-order chi connectivity index (χ0) is 24.2. The van der Waals surface area contributed by atoms with E-state index in [0.29, 0.717) is 5.69 Å². The Kier molecular flexibility index (Phi) is 5.19. The molecule has 168 valence electrons. The number of fused-ring (bicyclic) bond motifs is 3. The Morgan fingerprint density at radius 2 is 1.59 bits per heavy atom. The van der Waals surface area contributed by atoms with E-state index in [0.717, 1.165) is 44.3 Å². The van der Waals surface area contributed by atoms with Gasteiger partial charge in [-0.1, -0.05) is 68.2 Å². The number of hydrogen-bond acceptors (Lipinski definition) is 1. The van der Waals surface area contributed by atoms with E-state index in [1.54, 1.807) is 0 Å². The maximum absolute atomic E-state index is 7.79. The van der Waals surface area contributed by atoms with Crippen LogP contribution in [0.2, 0.25) is 19.6 Å². The van der Waals surface area contributed by atoms with Crippen molar-refractivity contribution < 1.29 is 8.98 Å². The molecular weight excluding hydrogens is 432 g/mol. The van der Waals surface area contributed by atoms with Gasteiger partial charge < -0.3 is 4.42 Å². The number of aromatic nitrogens is 1. The van der Waals surface area contributed by atoms with E-state index in [9.17, 15) is 0 Å². The van der Waals surface area contributed by atoms with Crippen molar-refractivity contribution in [3.8, 4) is 22.4 Å². The van der Waals surface area contributed by atoms with Crippen molar-refractivity contribution in [3.63, 3.8) is 0 Å². The lowest BCUT2D eigenvalue weighted by Crippen LogP contribution is -2.42. The molecule has 4 heteroatoms. The second-order valence-corrected chi connectivity index (χ2v) is 15.2. The lowest BCUT2D eigenvalue weighted by Gasteiger charge is -2.17. The van der Waals surface area contributed by atoms with Gasteiger partial charge in [0.25, 0.3) is 0 Å². The van der Waals surface area contributed by atoms with Gasteiger partial charge in [-0.15, -0.1) is 0 Å². The minimum Gasteiger partial charge on any atom is -0.456 e. The first-order chi connectivity index (χ1) is 16.2. The molecule has 0 atom stereocenters. The maximum atomic E-state index is 7.79. The highest BCUT2D eigenvalue weighted by molar-refractivity contribution is 6.88. The largest absolute Gasteiger partial charge is 0.456 e.